The van der Waals surface area contributed by atoms with Gasteiger partial charge in [-0.05, 0) is 42.7 Å². The molecule has 0 atom stereocenters. The number of hydrogen-bond acceptors (Lipinski definition) is 6. The van der Waals surface area contributed by atoms with Crippen molar-refractivity contribution in [3.05, 3.63) is 65.0 Å². The summed E-state index contributed by atoms with van der Waals surface area (Å²) in [5.41, 5.74) is 9.56. The second kappa shape index (κ2) is 9.87. The topological polar surface area (TPSA) is 87.9 Å². The maximum absolute atomic E-state index is 13.5. The highest BCUT2D eigenvalue weighted by Gasteiger charge is 2.24. The van der Waals surface area contributed by atoms with Crippen molar-refractivity contribution in [3.63, 3.8) is 0 Å². The molecule has 2 aliphatic heterocycles. The van der Waals surface area contributed by atoms with Crippen LogP contribution in [-0.2, 0) is 4.74 Å². The van der Waals surface area contributed by atoms with Crippen molar-refractivity contribution in [2.75, 3.05) is 54.5 Å². The molecular formula is C26H28N4O3S. The van der Waals surface area contributed by atoms with Gasteiger partial charge < -0.3 is 25.6 Å². The number of benzene rings is 2. The molecule has 3 N–H and O–H groups in total. The van der Waals surface area contributed by atoms with E-state index in [1.807, 2.05) is 30.3 Å². The fourth-order valence-electron chi connectivity index (χ4n) is 4.53. The molecule has 0 bridgehead atoms. The Morgan fingerprint density at radius 1 is 0.912 bits per heavy atom. The Bertz CT molecular complexity index is 1180. The molecule has 0 aliphatic carbocycles. The zero-order chi connectivity index (χ0) is 23.5. The van der Waals surface area contributed by atoms with Gasteiger partial charge in [-0.25, -0.2) is 0 Å². The van der Waals surface area contributed by atoms with Gasteiger partial charge in [-0.2, -0.15) is 0 Å². The van der Waals surface area contributed by atoms with Crippen molar-refractivity contribution in [1.82, 2.24) is 0 Å². The van der Waals surface area contributed by atoms with E-state index in [9.17, 15) is 9.59 Å². The lowest BCUT2D eigenvalue weighted by Gasteiger charge is -2.28. The van der Waals surface area contributed by atoms with E-state index in [0.717, 1.165) is 60.8 Å². The molecule has 2 saturated heterocycles. The number of carbonyl (C=O) groups excluding carboxylic acids is 2. The molecule has 2 amide bonds. The number of hydrogen-bond donors (Lipinski definition) is 2. The number of nitrogens with two attached hydrogens (primary N) is 1. The van der Waals surface area contributed by atoms with Gasteiger partial charge in [0.25, 0.3) is 5.91 Å². The van der Waals surface area contributed by atoms with Gasteiger partial charge in [0.15, 0.2) is 0 Å². The first-order chi connectivity index (χ1) is 16.6. The summed E-state index contributed by atoms with van der Waals surface area (Å²) in [7, 11) is 0. The molecule has 176 valence electrons. The van der Waals surface area contributed by atoms with E-state index in [4.69, 9.17) is 10.5 Å². The monoisotopic (exact) mass is 476 g/mol. The van der Waals surface area contributed by atoms with Gasteiger partial charge in [-0.15, -0.1) is 11.3 Å². The lowest BCUT2D eigenvalue weighted by atomic mass is 10.1. The number of nitrogens with one attached hydrogen (secondary N) is 1. The second-order valence-corrected chi connectivity index (χ2v) is 9.57. The zero-order valence-electron chi connectivity index (χ0n) is 19.0. The van der Waals surface area contributed by atoms with Crippen molar-refractivity contribution < 1.29 is 14.3 Å². The van der Waals surface area contributed by atoms with Crippen molar-refractivity contribution >= 4 is 39.5 Å². The molecular weight excluding hydrogens is 448 g/mol. The predicted molar refractivity (Wildman–Crippen MR) is 137 cm³/mol. The second-order valence-electron chi connectivity index (χ2n) is 8.54. The first-order valence-corrected chi connectivity index (χ1v) is 12.4. The van der Waals surface area contributed by atoms with E-state index in [1.165, 1.54) is 11.3 Å². The number of carbonyl (C=O) groups is 2. The van der Waals surface area contributed by atoms with Gasteiger partial charge in [0.05, 0.1) is 34.5 Å². The molecule has 2 fully saturated rings. The fourth-order valence-corrected chi connectivity index (χ4v) is 5.65. The lowest BCUT2D eigenvalue weighted by Crippen LogP contribution is -2.35. The van der Waals surface area contributed by atoms with Crippen molar-refractivity contribution in [2.24, 2.45) is 5.73 Å². The van der Waals surface area contributed by atoms with Crippen LogP contribution < -0.4 is 20.9 Å². The molecule has 2 aromatic carbocycles. The van der Waals surface area contributed by atoms with E-state index in [1.54, 1.807) is 12.1 Å². The Kier molecular flexibility index (Phi) is 6.51. The van der Waals surface area contributed by atoms with Gasteiger partial charge in [0.1, 0.15) is 0 Å². The van der Waals surface area contributed by atoms with E-state index in [-0.39, 0.29) is 5.91 Å². The summed E-state index contributed by atoms with van der Waals surface area (Å²) in [6, 6.07) is 17.4. The van der Waals surface area contributed by atoms with Crippen LogP contribution in [0.2, 0.25) is 0 Å². The summed E-state index contributed by atoms with van der Waals surface area (Å²) in [4.78, 5) is 30.4. The third-order valence-corrected chi connectivity index (χ3v) is 7.49. The molecule has 8 heteroatoms. The molecule has 0 spiro atoms. The lowest BCUT2D eigenvalue weighted by molar-refractivity contribution is 0.0996. The normalized spacial score (nSPS) is 16.0. The van der Waals surface area contributed by atoms with E-state index in [0.29, 0.717) is 29.3 Å². The van der Waals surface area contributed by atoms with E-state index >= 15 is 0 Å². The Morgan fingerprint density at radius 2 is 1.65 bits per heavy atom. The predicted octanol–water partition coefficient (Wildman–Crippen LogP) is 4.20. The zero-order valence-corrected chi connectivity index (χ0v) is 19.8. The van der Waals surface area contributed by atoms with Crippen LogP contribution in [0.3, 0.4) is 0 Å². The van der Waals surface area contributed by atoms with Gasteiger partial charge in [0, 0.05) is 37.3 Å². The van der Waals surface area contributed by atoms with Crippen molar-refractivity contribution in [1.29, 1.82) is 0 Å². The summed E-state index contributed by atoms with van der Waals surface area (Å²) in [5, 5.41) is 4.15. The smallest absolute Gasteiger partial charge is 0.265 e. The Morgan fingerprint density at radius 3 is 2.35 bits per heavy atom. The molecule has 0 saturated carbocycles. The minimum absolute atomic E-state index is 0.191. The number of anilines is 3. The van der Waals surface area contributed by atoms with Crippen LogP contribution in [-0.4, -0.2) is 51.2 Å². The highest BCUT2D eigenvalue weighted by molar-refractivity contribution is 7.18. The number of rotatable bonds is 6. The molecule has 7 nitrogen and oxygen atoms in total. The average molecular weight is 477 g/mol. The summed E-state index contributed by atoms with van der Waals surface area (Å²) in [6.07, 6.45) is 2.22. The standard InChI is InChI=1S/C26H28N4O3S/c27-24(31)19-8-9-22(29-10-4-5-11-29)21(16-19)28-25(32)23-17-20(18-6-2-1-3-7-18)26(34-23)30-12-14-33-15-13-30/h1-3,6-9,16-17H,4-5,10-15H2,(H2,27,31)(H,28,32). The fraction of sp³-hybridized carbons (Fsp3) is 0.308. The molecule has 34 heavy (non-hydrogen) atoms. The number of amides is 2. The number of nitrogens with zero attached hydrogens (tertiary/aromatic N) is 2. The van der Waals surface area contributed by atoms with Gasteiger partial charge in [-0.3, -0.25) is 9.59 Å². The summed E-state index contributed by atoms with van der Waals surface area (Å²) < 4.78 is 5.53. The SMILES string of the molecule is NC(=O)c1ccc(N2CCCC2)c(NC(=O)c2cc(-c3ccccc3)c(N3CCOCC3)s2)c1. The molecule has 5 rings (SSSR count). The van der Waals surface area contributed by atoms with Crippen LogP contribution in [0.25, 0.3) is 11.1 Å². The van der Waals surface area contributed by atoms with E-state index in [2.05, 4.69) is 27.2 Å². The average Bonchev–Trinajstić information content (AvgIpc) is 3.56. The maximum Gasteiger partial charge on any atom is 0.265 e. The number of morpholine rings is 1. The van der Waals surface area contributed by atoms with Crippen LogP contribution in [0.4, 0.5) is 16.4 Å². The van der Waals surface area contributed by atoms with Crippen LogP contribution >= 0.6 is 11.3 Å². The Hall–Kier alpha value is -3.36. The summed E-state index contributed by atoms with van der Waals surface area (Å²) >= 11 is 1.49. The number of thiophene rings is 1. The summed E-state index contributed by atoms with van der Waals surface area (Å²) in [5.74, 6) is -0.704. The first kappa shape index (κ1) is 22.4. The Balaban J connectivity index is 1.49. The number of primary amides is 1. The van der Waals surface area contributed by atoms with Crippen LogP contribution in [0.1, 0.15) is 32.9 Å². The van der Waals surface area contributed by atoms with Crippen molar-refractivity contribution in [3.8, 4) is 11.1 Å². The molecule has 3 heterocycles. The largest absolute Gasteiger partial charge is 0.378 e. The van der Waals surface area contributed by atoms with Crippen LogP contribution in [0.5, 0.6) is 0 Å². The maximum atomic E-state index is 13.5. The van der Waals surface area contributed by atoms with E-state index < -0.39 is 5.91 Å². The highest BCUT2D eigenvalue weighted by atomic mass is 32.1. The highest BCUT2D eigenvalue weighted by Crippen LogP contribution is 2.40. The Labute approximate surface area is 203 Å². The minimum atomic E-state index is -0.513. The first-order valence-electron chi connectivity index (χ1n) is 11.6. The summed E-state index contributed by atoms with van der Waals surface area (Å²) in [6.45, 7) is 4.79. The molecule has 1 aromatic heterocycles. The minimum Gasteiger partial charge on any atom is -0.378 e. The number of ether oxygens (including phenoxy) is 1. The molecule has 0 unspecified atom stereocenters. The van der Waals surface area contributed by atoms with Gasteiger partial charge in [0.2, 0.25) is 5.91 Å². The molecule has 3 aromatic rings. The van der Waals surface area contributed by atoms with Crippen LogP contribution in [0, 0.1) is 0 Å². The molecule has 0 radical (unpaired) electrons. The van der Waals surface area contributed by atoms with Crippen LogP contribution in [0.15, 0.2) is 54.6 Å². The molecule has 2 aliphatic rings. The van der Waals surface area contributed by atoms with Gasteiger partial charge in [-0.1, -0.05) is 30.3 Å². The third-order valence-electron chi connectivity index (χ3n) is 6.30. The van der Waals surface area contributed by atoms with Gasteiger partial charge >= 0.3 is 0 Å². The quantitative estimate of drug-likeness (QED) is 0.557. The third kappa shape index (κ3) is 4.64. The van der Waals surface area contributed by atoms with Crippen molar-refractivity contribution in [2.45, 2.75) is 12.8 Å².